The number of primary amides is 1. The minimum absolute atomic E-state index is 0.0580. The summed E-state index contributed by atoms with van der Waals surface area (Å²) in [6, 6.07) is 9.89. The maximum atomic E-state index is 14.3. The number of rotatable bonds is 9. The maximum absolute atomic E-state index is 14.3. The number of phenolic OH excluding ortho intramolecular Hbond substituents is 1. The third kappa shape index (κ3) is 5.75. The van der Waals surface area contributed by atoms with Crippen LogP contribution in [-0.4, -0.2) is 47.5 Å². The number of hydrogen-bond donors (Lipinski definition) is 4. The van der Waals surface area contributed by atoms with E-state index in [9.17, 15) is 19.5 Å². The summed E-state index contributed by atoms with van der Waals surface area (Å²) in [6.45, 7) is 0. The molecule has 1 atom stereocenters. The molecule has 0 saturated heterocycles. The van der Waals surface area contributed by atoms with Crippen molar-refractivity contribution in [3.8, 4) is 17.2 Å². The lowest BCUT2D eigenvalue weighted by Gasteiger charge is -2.34. The predicted octanol–water partition coefficient (Wildman–Crippen LogP) is 3.38. The van der Waals surface area contributed by atoms with Gasteiger partial charge in [0, 0.05) is 6.04 Å². The molecule has 4 rings (SSSR count). The number of hydrogen-bond acceptors (Lipinski definition) is 9. The smallest absolute Gasteiger partial charge is 0.273 e. The van der Waals surface area contributed by atoms with E-state index in [0.717, 1.165) is 32.1 Å². The summed E-state index contributed by atoms with van der Waals surface area (Å²) in [4.78, 5) is 41.4. The topological polar surface area (TPSA) is 170 Å². The van der Waals surface area contributed by atoms with Crippen LogP contribution in [-0.2, 0) is 4.79 Å². The molecule has 2 aromatic carbocycles. The summed E-state index contributed by atoms with van der Waals surface area (Å²) in [5.41, 5.74) is 11.8. The molecule has 0 radical (unpaired) electrons. The van der Waals surface area contributed by atoms with Crippen LogP contribution in [0, 0.1) is 0 Å². The van der Waals surface area contributed by atoms with Gasteiger partial charge < -0.3 is 31.4 Å². The summed E-state index contributed by atoms with van der Waals surface area (Å²) >= 11 is 0.715. The minimum atomic E-state index is -1.23. The van der Waals surface area contributed by atoms with Gasteiger partial charge in [0.2, 0.25) is 5.91 Å². The second kappa shape index (κ2) is 12.0. The Labute approximate surface area is 229 Å². The molecule has 1 aliphatic rings. The number of nitrogens with two attached hydrogens (primary N) is 2. The van der Waals surface area contributed by atoms with Gasteiger partial charge in [-0.15, -0.1) is 0 Å². The second-order valence-corrected chi connectivity index (χ2v) is 9.94. The molecule has 3 aromatic rings. The number of aromatic nitrogens is 1. The Morgan fingerprint density at radius 2 is 1.77 bits per heavy atom. The van der Waals surface area contributed by atoms with Crippen LogP contribution < -0.4 is 31.2 Å². The molecule has 1 fully saturated rings. The predicted molar refractivity (Wildman–Crippen MR) is 147 cm³/mol. The quantitative estimate of drug-likeness (QED) is 0.312. The SMILES string of the molecule is COc1cc(C(C(=O)NC2CCCCC2)N(C(=O)c2snc(C(N)=O)c2N)c2ccccc2OC)ccc1O. The van der Waals surface area contributed by atoms with Gasteiger partial charge in [0.05, 0.1) is 25.6 Å². The molecule has 1 aromatic heterocycles. The van der Waals surface area contributed by atoms with Crippen molar-refractivity contribution in [2.45, 2.75) is 44.2 Å². The molecule has 1 saturated carbocycles. The number of para-hydroxylation sites is 2. The number of carbonyl (C=O) groups excluding carboxylic acids is 3. The molecule has 1 heterocycles. The highest BCUT2D eigenvalue weighted by Gasteiger charge is 2.38. The van der Waals surface area contributed by atoms with Gasteiger partial charge in [-0.05, 0) is 54.2 Å². The van der Waals surface area contributed by atoms with Crippen molar-refractivity contribution in [3.05, 3.63) is 58.6 Å². The molecule has 11 nitrogen and oxygen atoms in total. The molecule has 3 amide bonds. The first kappa shape index (κ1) is 27.7. The monoisotopic (exact) mass is 553 g/mol. The Morgan fingerprint density at radius 1 is 1.08 bits per heavy atom. The number of amides is 3. The third-order valence-corrected chi connectivity index (χ3v) is 7.55. The number of nitrogen functional groups attached to an aromatic ring is 1. The lowest BCUT2D eigenvalue weighted by Crippen LogP contribution is -2.47. The normalized spacial score (nSPS) is 14.3. The van der Waals surface area contributed by atoms with Gasteiger partial charge in [-0.3, -0.25) is 19.3 Å². The first-order valence-electron chi connectivity index (χ1n) is 12.5. The molecular weight excluding hydrogens is 522 g/mol. The number of carbonyl (C=O) groups is 3. The van der Waals surface area contributed by atoms with E-state index < -0.39 is 23.8 Å². The zero-order valence-corrected chi connectivity index (χ0v) is 22.5. The molecule has 1 aliphatic carbocycles. The Balaban J connectivity index is 1.91. The van der Waals surface area contributed by atoms with Gasteiger partial charge in [0.15, 0.2) is 17.2 Å². The average molecular weight is 554 g/mol. The molecule has 0 spiro atoms. The highest BCUT2D eigenvalue weighted by atomic mass is 32.1. The summed E-state index contributed by atoms with van der Waals surface area (Å²) < 4.78 is 14.8. The number of nitrogens with zero attached hydrogens (tertiary/aromatic N) is 2. The minimum Gasteiger partial charge on any atom is -0.504 e. The molecule has 0 bridgehead atoms. The van der Waals surface area contributed by atoms with Crippen LogP contribution in [0.1, 0.15) is 63.9 Å². The summed E-state index contributed by atoms with van der Waals surface area (Å²) in [5, 5.41) is 13.3. The summed E-state index contributed by atoms with van der Waals surface area (Å²) in [5.74, 6) is -1.67. The first-order valence-corrected chi connectivity index (χ1v) is 13.2. The lowest BCUT2D eigenvalue weighted by atomic mass is 9.94. The van der Waals surface area contributed by atoms with Crippen LogP contribution >= 0.6 is 11.5 Å². The molecule has 12 heteroatoms. The molecule has 39 heavy (non-hydrogen) atoms. The second-order valence-electron chi connectivity index (χ2n) is 9.16. The molecule has 206 valence electrons. The van der Waals surface area contributed by atoms with Crippen molar-refractivity contribution >= 4 is 40.6 Å². The Morgan fingerprint density at radius 3 is 2.41 bits per heavy atom. The van der Waals surface area contributed by atoms with Crippen molar-refractivity contribution in [1.82, 2.24) is 9.69 Å². The number of methoxy groups -OCH3 is 2. The van der Waals surface area contributed by atoms with Crippen LogP contribution in [0.25, 0.3) is 0 Å². The van der Waals surface area contributed by atoms with Crippen molar-refractivity contribution in [2.24, 2.45) is 5.73 Å². The number of benzene rings is 2. The van der Waals surface area contributed by atoms with Crippen molar-refractivity contribution in [1.29, 1.82) is 0 Å². The standard InChI is InChI=1S/C27H31N5O6S/c1-37-19-11-7-6-10-17(19)32(27(36)24-21(28)22(25(29)34)31-39-24)23(15-12-13-18(33)20(14-15)38-2)26(35)30-16-8-4-3-5-9-16/h6-7,10-14,16,23,33H,3-5,8-9,28H2,1-2H3,(H2,29,34)(H,30,35). The number of aromatic hydroxyl groups is 1. The first-order chi connectivity index (χ1) is 18.8. The van der Waals surface area contributed by atoms with E-state index >= 15 is 0 Å². The molecule has 6 N–H and O–H groups in total. The van der Waals surface area contributed by atoms with Crippen LogP contribution in [0.4, 0.5) is 11.4 Å². The number of nitrogens with one attached hydrogen (secondary N) is 1. The van der Waals surface area contributed by atoms with Gasteiger partial charge in [0.25, 0.3) is 11.8 Å². The Kier molecular flexibility index (Phi) is 8.55. The number of ether oxygens (including phenoxy) is 2. The largest absolute Gasteiger partial charge is 0.504 e. The van der Waals surface area contributed by atoms with E-state index in [1.165, 1.54) is 31.3 Å². The van der Waals surface area contributed by atoms with E-state index in [0.29, 0.717) is 22.8 Å². The van der Waals surface area contributed by atoms with Crippen molar-refractivity contribution < 1.29 is 29.0 Å². The van der Waals surface area contributed by atoms with Crippen LogP contribution in [0.5, 0.6) is 17.2 Å². The summed E-state index contributed by atoms with van der Waals surface area (Å²) in [7, 11) is 2.84. The zero-order chi connectivity index (χ0) is 28.1. The van der Waals surface area contributed by atoms with E-state index in [2.05, 4.69) is 9.69 Å². The van der Waals surface area contributed by atoms with E-state index in [4.69, 9.17) is 20.9 Å². The highest BCUT2D eigenvalue weighted by molar-refractivity contribution is 7.09. The fraction of sp³-hybridized carbons (Fsp3) is 0.333. The summed E-state index contributed by atoms with van der Waals surface area (Å²) in [6.07, 6.45) is 4.73. The third-order valence-electron chi connectivity index (χ3n) is 6.70. The highest BCUT2D eigenvalue weighted by Crippen LogP contribution is 2.40. The number of phenols is 1. The average Bonchev–Trinajstić information content (AvgIpc) is 3.33. The van der Waals surface area contributed by atoms with Gasteiger partial charge >= 0.3 is 0 Å². The fourth-order valence-corrected chi connectivity index (χ4v) is 5.48. The van der Waals surface area contributed by atoms with Gasteiger partial charge in [0.1, 0.15) is 16.7 Å². The van der Waals surface area contributed by atoms with Crippen LogP contribution in [0.2, 0.25) is 0 Å². The van der Waals surface area contributed by atoms with Crippen LogP contribution in [0.3, 0.4) is 0 Å². The van der Waals surface area contributed by atoms with Gasteiger partial charge in [-0.1, -0.05) is 37.5 Å². The fourth-order valence-electron chi connectivity index (χ4n) is 4.74. The Bertz CT molecular complexity index is 1370. The maximum Gasteiger partial charge on any atom is 0.273 e. The van der Waals surface area contributed by atoms with Crippen molar-refractivity contribution in [2.75, 3.05) is 24.9 Å². The molecular formula is C27H31N5O6S. The van der Waals surface area contributed by atoms with Crippen molar-refractivity contribution in [3.63, 3.8) is 0 Å². The molecule has 1 unspecified atom stereocenters. The van der Waals surface area contributed by atoms with Gasteiger partial charge in [-0.25, -0.2) is 0 Å². The number of anilines is 2. The molecule has 0 aliphatic heterocycles. The lowest BCUT2D eigenvalue weighted by molar-refractivity contribution is -0.123. The van der Waals surface area contributed by atoms with E-state index in [1.54, 1.807) is 30.3 Å². The van der Waals surface area contributed by atoms with E-state index in [-0.39, 0.29) is 39.5 Å². The van der Waals surface area contributed by atoms with Crippen LogP contribution in [0.15, 0.2) is 42.5 Å². The van der Waals surface area contributed by atoms with Gasteiger partial charge in [-0.2, -0.15) is 4.37 Å². The Hall–Kier alpha value is -4.32. The van der Waals surface area contributed by atoms with E-state index in [1.807, 2.05) is 0 Å². The zero-order valence-electron chi connectivity index (χ0n) is 21.7.